The first-order chi connectivity index (χ1) is 5.11. The number of alkyl halides is 3. The van der Waals surface area contributed by atoms with Gasteiger partial charge < -0.3 is 5.32 Å². The zero-order valence-corrected chi connectivity index (χ0v) is 10.1. The van der Waals surface area contributed by atoms with Crippen LogP contribution in [0.3, 0.4) is 0 Å². The van der Waals surface area contributed by atoms with Gasteiger partial charge in [0, 0.05) is 5.70 Å². The summed E-state index contributed by atoms with van der Waals surface area (Å²) in [5.74, 6) is -0.214. The minimum absolute atomic E-state index is 0.0411. The molecule has 0 amide bonds. The third-order valence-corrected chi connectivity index (χ3v) is 2.85. The lowest BCUT2D eigenvalue weighted by Crippen LogP contribution is -2.28. The van der Waals surface area contributed by atoms with E-state index in [-0.39, 0.29) is 9.56 Å². The molecule has 1 nitrogen and oxygen atoms in total. The molecule has 0 aromatic carbocycles. The van der Waals surface area contributed by atoms with Gasteiger partial charge in [-0.05, 0) is 12.2 Å². The maximum Gasteiger partial charge on any atom is 0.134 e. The Balaban J connectivity index is 2.73. The van der Waals surface area contributed by atoms with Gasteiger partial charge in [-0.1, -0.05) is 47.8 Å². The van der Waals surface area contributed by atoms with Crippen LogP contribution in [-0.2, 0) is 0 Å². The van der Waals surface area contributed by atoms with Crippen molar-refractivity contribution in [1.29, 1.82) is 0 Å². The van der Waals surface area contributed by atoms with Crippen LogP contribution in [0.1, 0.15) is 0 Å². The van der Waals surface area contributed by atoms with Crippen molar-refractivity contribution in [3.63, 3.8) is 0 Å². The van der Waals surface area contributed by atoms with Crippen molar-refractivity contribution in [2.75, 3.05) is 0 Å². The van der Waals surface area contributed by atoms with E-state index in [2.05, 4.69) is 53.1 Å². The fourth-order valence-corrected chi connectivity index (χ4v) is 1.64. The Morgan fingerprint density at radius 2 is 2.09 bits per heavy atom. The molecule has 5 heteroatoms. The molecule has 1 atom stereocenters. The summed E-state index contributed by atoms with van der Waals surface area (Å²) in [6.45, 7) is 0. The highest BCUT2D eigenvalue weighted by Crippen LogP contribution is 2.24. The van der Waals surface area contributed by atoms with Crippen LogP contribution in [0.15, 0.2) is 23.7 Å². The molecular weight excluding hydrogens is 345 g/mol. The Morgan fingerprint density at radius 1 is 1.45 bits per heavy atom. The Hall–Kier alpha value is 0.650. The van der Waals surface area contributed by atoms with E-state index in [1.807, 2.05) is 0 Å². The molecule has 0 saturated heterocycles. The predicted molar refractivity (Wildman–Crippen MR) is 54.8 cm³/mol. The van der Waals surface area contributed by atoms with Crippen LogP contribution in [0.2, 0.25) is 0 Å². The van der Waals surface area contributed by atoms with Crippen LogP contribution >= 0.6 is 47.8 Å². The van der Waals surface area contributed by atoms with Gasteiger partial charge in [0.25, 0.3) is 0 Å². The number of hydrogen-bond donors (Lipinski definition) is 1. The maximum atomic E-state index is 12.7. The van der Waals surface area contributed by atoms with Gasteiger partial charge in [-0.2, -0.15) is 0 Å². The van der Waals surface area contributed by atoms with E-state index >= 15 is 0 Å². The smallest absolute Gasteiger partial charge is 0.134 e. The first-order valence-electron chi connectivity index (χ1n) is 2.87. The van der Waals surface area contributed by atoms with Crippen molar-refractivity contribution in [3.8, 4) is 0 Å². The van der Waals surface area contributed by atoms with Crippen molar-refractivity contribution in [2.24, 2.45) is 0 Å². The molecule has 1 rings (SSSR count). The third-order valence-electron chi connectivity index (χ3n) is 1.19. The van der Waals surface area contributed by atoms with Gasteiger partial charge in [-0.25, -0.2) is 4.39 Å². The van der Waals surface area contributed by atoms with Crippen LogP contribution in [0.4, 0.5) is 4.39 Å². The minimum atomic E-state index is -0.403. The van der Waals surface area contributed by atoms with Gasteiger partial charge in [0.15, 0.2) is 0 Å². The number of hydrogen-bond acceptors (Lipinski definition) is 1. The van der Waals surface area contributed by atoms with Crippen LogP contribution < -0.4 is 5.32 Å². The van der Waals surface area contributed by atoms with E-state index in [9.17, 15) is 4.39 Å². The topological polar surface area (TPSA) is 12.0 Å². The molecule has 1 N–H and O–H groups in total. The lowest BCUT2D eigenvalue weighted by atomic mass is 10.3. The van der Waals surface area contributed by atoms with Crippen LogP contribution in [-0.4, -0.2) is 8.69 Å². The van der Waals surface area contributed by atoms with Gasteiger partial charge >= 0.3 is 0 Å². The summed E-state index contributed by atoms with van der Waals surface area (Å²) in [5, 5.41) is 2.91. The molecule has 1 aliphatic rings. The summed E-state index contributed by atoms with van der Waals surface area (Å²) in [6.07, 6.45) is 3.11. The average molecular weight is 350 g/mol. The zero-order valence-electron chi connectivity index (χ0n) is 5.32. The van der Waals surface area contributed by atoms with E-state index in [4.69, 9.17) is 0 Å². The van der Waals surface area contributed by atoms with Gasteiger partial charge in [0.1, 0.15) is 14.5 Å². The minimum Gasteiger partial charge on any atom is -0.369 e. The molecule has 62 valence electrons. The SMILES string of the molecule is FC1=CC=C(C(Br)Br)NC1Br. The third kappa shape index (κ3) is 2.56. The number of dihydropyridines is 1. The number of rotatable bonds is 1. The highest BCUT2D eigenvalue weighted by molar-refractivity contribution is 9.24. The largest absolute Gasteiger partial charge is 0.369 e. The standard InChI is InChI=1S/C6H5Br3FN/c7-5(8)4-2-1-3(10)6(9)11-4/h1-2,5-6,11H. The molecule has 0 aromatic heterocycles. The molecule has 1 aliphatic heterocycles. The molecule has 0 aromatic rings. The van der Waals surface area contributed by atoms with E-state index in [0.29, 0.717) is 0 Å². The quantitative estimate of drug-likeness (QED) is 0.566. The van der Waals surface area contributed by atoms with Crippen LogP contribution in [0, 0.1) is 0 Å². The number of nitrogens with one attached hydrogen (secondary N) is 1. The first-order valence-corrected chi connectivity index (χ1v) is 5.62. The second-order valence-electron chi connectivity index (χ2n) is 1.98. The summed E-state index contributed by atoms with van der Waals surface area (Å²) in [7, 11) is 0. The Bertz CT molecular complexity index is 212. The van der Waals surface area contributed by atoms with Gasteiger partial charge in [0.05, 0.1) is 0 Å². The molecule has 0 spiro atoms. The highest BCUT2D eigenvalue weighted by Gasteiger charge is 2.17. The monoisotopic (exact) mass is 347 g/mol. The molecule has 0 aliphatic carbocycles. The van der Waals surface area contributed by atoms with E-state index < -0.39 is 4.95 Å². The number of allylic oxidation sites excluding steroid dienone is 3. The summed E-state index contributed by atoms with van der Waals surface area (Å²) in [4.78, 5) is -0.403. The summed E-state index contributed by atoms with van der Waals surface area (Å²) in [6, 6.07) is 0. The molecule has 1 unspecified atom stereocenters. The van der Waals surface area contributed by atoms with E-state index in [0.717, 1.165) is 5.70 Å². The molecule has 0 saturated carbocycles. The Morgan fingerprint density at radius 3 is 2.55 bits per heavy atom. The summed E-state index contributed by atoms with van der Waals surface area (Å²) < 4.78 is 12.7. The fourth-order valence-electron chi connectivity index (χ4n) is 0.653. The second-order valence-corrected chi connectivity index (χ2v) is 5.96. The van der Waals surface area contributed by atoms with Crippen LogP contribution in [0.5, 0.6) is 0 Å². The lowest BCUT2D eigenvalue weighted by molar-refractivity contribution is 0.570. The van der Waals surface area contributed by atoms with Crippen molar-refractivity contribution in [2.45, 2.75) is 8.69 Å². The predicted octanol–water partition coefficient (Wildman–Crippen LogP) is 3.16. The van der Waals surface area contributed by atoms with Crippen molar-refractivity contribution >= 4 is 47.8 Å². The van der Waals surface area contributed by atoms with Crippen molar-refractivity contribution in [1.82, 2.24) is 5.32 Å². The normalized spacial score (nSPS) is 24.3. The molecule has 1 heterocycles. The lowest BCUT2D eigenvalue weighted by Gasteiger charge is -2.19. The zero-order chi connectivity index (χ0) is 8.43. The van der Waals surface area contributed by atoms with Gasteiger partial charge in [0.2, 0.25) is 0 Å². The molecule has 0 radical (unpaired) electrons. The average Bonchev–Trinajstić information content (AvgIpc) is 1.94. The highest BCUT2D eigenvalue weighted by atomic mass is 79.9. The van der Waals surface area contributed by atoms with Crippen molar-refractivity contribution in [3.05, 3.63) is 23.7 Å². The molecular formula is C6H5Br3FN. The van der Waals surface area contributed by atoms with E-state index in [1.165, 1.54) is 6.08 Å². The van der Waals surface area contributed by atoms with Crippen LogP contribution in [0.25, 0.3) is 0 Å². The van der Waals surface area contributed by atoms with Gasteiger partial charge in [-0.3, -0.25) is 0 Å². The second kappa shape index (κ2) is 4.05. The molecule has 0 fully saturated rings. The first kappa shape index (κ1) is 9.74. The van der Waals surface area contributed by atoms with Gasteiger partial charge in [-0.15, -0.1) is 0 Å². The summed E-state index contributed by atoms with van der Waals surface area (Å²) >= 11 is 9.72. The van der Waals surface area contributed by atoms with E-state index in [1.54, 1.807) is 6.08 Å². The number of halogens is 4. The van der Waals surface area contributed by atoms with Crippen molar-refractivity contribution < 1.29 is 4.39 Å². The fraction of sp³-hybridized carbons (Fsp3) is 0.333. The molecule has 0 bridgehead atoms. The Kier molecular flexibility index (Phi) is 3.58. The summed E-state index contributed by atoms with van der Waals surface area (Å²) in [5.41, 5.74) is 0.897. The maximum absolute atomic E-state index is 12.7. The Labute approximate surface area is 89.5 Å². The molecule has 11 heavy (non-hydrogen) atoms.